The van der Waals surface area contributed by atoms with Crippen LogP contribution < -0.4 is 10.2 Å². The number of quaternary nitrogens is 1. The molecule has 2 aromatic heterocycles. The lowest BCUT2D eigenvalue weighted by Crippen LogP contribution is -3.09. The predicted octanol–water partition coefficient (Wildman–Crippen LogP) is 4.47. The molecule has 1 unspecified atom stereocenters. The van der Waals surface area contributed by atoms with Crippen LogP contribution in [-0.2, 0) is 6.67 Å². The second-order valence-electron chi connectivity index (χ2n) is 6.82. The van der Waals surface area contributed by atoms with E-state index in [0.717, 1.165) is 21.4 Å². The third kappa shape index (κ3) is 3.62. The number of aromatic nitrogens is 2. The summed E-state index contributed by atoms with van der Waals surface area (Å²) >= 11 is 9.00. The summed E-state index contributed by atoms with van der Waals surface area (Å²) in [7, 11) is 0. The molecule has 2 N–H and O–H groups in total. The standard InChI is InChI=1S/C19H22N4S3/c1-13-6-3-7-15(14(13)2)20-18-21-23(19(24)26-18)12-22-10-4-8-16(22)17-9-5-11-25-17/h3,5-7,9,11,16H,4,8,10,12H2,1-2H3,(H,20,21)/p+1/t16-/m0/s1. The molecule has 1 aromatic carbocycles. The lowest BCUT2D eigenvalue weighted by atomic mass is 10.1. The van der Waals surface area contributed by atoms with Gasteiger partial charge in [-0.15, -0.1) is 16.4 Å². The van der Waals surface area contributed by atoms with E-state index < -0.39 is 0 Å². The largest absolute Gasteiger partial charge is 0.330 e. The van der Waals surface area contributed by atoms with E-state index in [-0.39, 0.29) is 0 Å². The van der Waals surface area contributed by atoms with Crippen molar-refractivity contribution in [3.63, 3.8) is 0 Å². The highest BCUT2D eigenvalue weighted by molar-refractivity contribution is 7.73. The topological polar surface area (TPSA) is 34.3 Å². The van der Waals surface area contributed by atoms with Crippen molar-refractivity contribution in [2.24, 2.45) is 0 Å². The van der Waals surface area contributed by atoms with Gasteiger partial charge in [-0.3, -0.25) is 0 Å². The van der Waals surface area contributed by atoms with Crippen LogP contribution in [0.1, 0.15) is 34.9 Å². The van der Waals surface area contributed by atoms with E-state index in [9.17, 15) is 0 Å². The summed E-state index contributed by atoms with van der Waals surface area (Å²) in [6, 6.07) is 11.3. The quantitative estimate of drug-likeness (QED) is 0.617. The summed E-state index contributed by atoms with van der Waals surface area (Å²) in [6.45, 7) is 6.28. The zero-order valence-corrected chi connectivity index (χ0v) is 17.4. The summed E-state index contributed by atoms with van der Waals surface area (Å²) in [6.07, 6.45) is 2.52. The number of thiophene rings is 1. The molecule has 1 saturated heterocycles. The van der Waals surface area contributed by atoms with Gasteiger partial charge in [0.1, 0.15) is 6.04 Å². The van der Waals surface area contributed by atoms with Gasteiger partial charge in [0.15, 0.2) is 10.6 Å². The first-order chi connectivity index (χ1) is 12.6. The van der Waals surface area contributed by atoms with Crippen LogP contribution in [0, 0.1) is 17.8 Å². The Kier molecular flexibility index (Phi) is 5.22. The molecule has 26 heavy (non-hydrogen) atoms. The zero-order chi connectivity index (χ0) is 18.1. The Morgan fingerprint density at radius 1 is 1.31 bits per heavy atom. The highest BCUT2D eigenvalue weighted by atomic mass is 32.1. The minimum atomic E-state index is 0.578. The Bertz CT molecular complexity index is 942. The molecular formula is C19H23N4S3+. The van der Waals surface area contributed by atoms with Crippen LogP contribution in [0.15, 0.2) is 35.7 Å². The molecular weight excluding hydrogens is 380 g/mol. The molecule has 0 spiro atoms. The van der Waals surface area contributed by atoms with Gasteiger partial charge in [-0.1, -0.05) is 29.5 Å². The van der Waals surface area contributed by atoms with Crippen molar-refractivity contribution in [2.45, 2.75) is 39.4 Å². The number of nitrogens with one attached hydrogen (secondary N) is 2. The number of rotatable bonds is 5. The van der Waals surface area contributed by atoms with Crippen LogP contribution in [0.3, 0.4) is 0 Å². The van der Waals surface area contributed by atoms with Gasteiger partial charge in [-0.25, -0.2) is 0 Å². The molecule has 0 amide bonds. The van der Waals surface area contributed by atoms with E-state index in [1.54, 1.807) is 16.2 Å². The van der Waals surface area contributed by atoms with E-state index >= 15 is 0 Å². The number of benzene rings is 1. The second-order valence-corrected chi connectivity index (χ2v) is 9.42. The monoisotopic (exact) mass is 403 g/mol. The van der Waals surface area contributed by atoms with Crippen LogP contribution in [0.25, 0.3) is 0 Å². The number of aryl methyl sites for hydroxylation is 1. The van der Waals surface area contributed by atoms with Crippen molar-refractivity contribution in [2.75, 3.05) is 11.9 Å². The summed E-state index contributed by atoms with van der Waals surface area (Å²) in [5.74, 6) is 0. The van der Waals surface area contributed by atoms with E-state index in [4.69, 9.17) is 17.3 Å². The first-order valence-corrected chi connectivity index (χ1v) is 11.0. The van der Waals surface area contributed by atoms with Gasteiger partial charge in [0.05, 0.1) is 11.4 Å². The molecule has 0 bridgehead atoms. The first-order valence-electron chi connectivity index (χ1n) is 8.91. The third-order valence-corrected chi connectivity index (χ3v) is 7.38. The molecule has 0 radical (unpaired) electrons. The average Bonchev–Trinajstić information content (AvgIpc) is 3.34. The maximum atomic E-state index is 5.59. The lowest BCUT2D eigenvalue weighted by Gasteiger charge is -2.20. The van der Waals surface area contributed by atoms with Gasteiger partial charge in [-0.2, -0.15) is 4.68 Å². The maximum absolute atomic E-state index is 5.59. The number of likely N-dealkylation sites (tertiary alicyclic amines) is 1. The van der Waals surface area contributed by atoms with Gasteiger partial charge in [0.25, 0.3) is 0 Å². The number of hydrogen-bond donors (Lipinski definition) is 2. The molecule has 1 aliphatic rings. The van der Waals surface area contributed by atoms with Crippen LogP contribution in [0.2, 0.25) is 0 Å². The summed E-state index contributed by atoms with van der Waals surface area (Å²) in [4.78, 5) is 3.04. The lowest BCUT2D eigenvalue weighted by molar-refractivity contribution is -0.941. The fourth-order valence-electron chi connectivity index (χ4n) is 3.58. The number of anilines is 2. The van der Waals surface area contributed by atoms with Crippen molar-refractivity contribution in [3.05, 3.63) is 55.7 Å². The van der Waals surface area contributed by atoms with Crippen molar-refractivity contribution in [1.82, 2.24) is 9.78 Å². The molecule has 1 fully saturated rings. The summed E-state index contributed by atoms with van der Waals surface area (Å²) in [5, 5.41) is 11.3. The molecule has 0 aliphatic carbocycles. The Balaban J connectivity index is 1.52. The van der Waals surface area contributed by atoms with E-state index in [0.29, 0.717) is 6.04 Å². The molecule has 1 aliphatic heterocycles. The molecule has 3 heterocycles. The van der Waals surface area contributed by atoms with E-state index in [2.05, 4.69) is 54.9 Å². The van der Waals surface area contributed by atoms with Crippen molar-refractivity contribution in [3.8, 4) is 0 Å². The molecule has 2 atom stereocenters. The first kappa shape index (κ1) is 17.9. The van der Waals surface area contributed by atoms with Gasteiger partial charge >= 0.3 is 0 Å². The van der Waals surface area contributed by atoms with E-state index in [1.165, 1.54) is 35.4 Å². The van der Waals surface area contributed by atoms with Crippen molar-refractivity contribution < 1.29 is 4.90 Å². The van der Waals surface area contributed by atoms with E-state index in [1.807, 2.05) is 16.0 Å². The Morgan fingerprint density at radius 3 is 3.00 bits per heavy atom. The van der Waals surface area contributed by atoms with Gasteiger partial charge in [0.2, 0.25) is 5.13 Å². The van der Waals surface area contributed by atoms with Gasteiger partial charge in [0, 0.05) is 18.5 Å². The van der Waals surface area contributed by atoms with Crippen molar-refractivity contribution >= 4 is 45.7 Å². The average molecular weight is 404 g/mol. The minimum absolute atomic E-state index is 0.578. The Labute approximate surface area is 167 Å². The number of nitrogens with zero attached hydrogens (tertiary/aromatic N) is 2. The Hall–Kier alpha value is -1.54. The van der Waals surface area contributed by atoms with Gasteiger partial charge in [-0.05, 0) is 54.7 Å². The van der Waals surface area contributed by atoms with Crippen LogP contribution in [-0.4, -0.2) is 16.3 Å². The third-order valence-electron chi connectivity index (χ3n) is 5.18. The second kappa shape index (κ2) is 7.60. The predicted molar refractivity (Wildman–Crippen MR) is 112 cm³/mol. The molecule has 136 valence electrons. The Morgan fingerprint density at radius 2 is 2.19 bits per heavy atom. The maximum Gasteiger partial charge on any atom is 0.209 e. The molecule has 4 rings (SSSR count). The highest BCUT2D eigenvalue weighted by Crippen LogP contribution is 2.26. The van der Waals surface area contributed by atoms with Crippen molar-refractivity contribution in [1.29, 1.82) is 0 Å². The smallest absolute Gasteiger partial charge is 0.209 e. The highest BCUT2D eigenvalue weighted by Gasteiger charge is 2.31. The molecule has 3 aromatic rings. The number of hydrogen-bond acceptors (Lipinski definition) is 5. The fraction of sp³-hybridized carbons (Fsp3) is 0.368. The fourth-order valence-corrected chi connectivity index (χ4v) is 5.52. The summed E-state index contributed by atoms with van der Waals surface area (Å²) < 4.78 is 2.83. The van der Waals surface area contributed by atoms with Crippen LogP contribution in [0.5, 0.6) is 0 Å². The molecule has 4 nitrogen and oxygen atoms in total. The molecule has 7 heteroatoms. The summed E-state index contributed by atoms with van der Waals surface area (Å²) in [5.41, 5.74) is 3.63. The molecule has 0 saturated carbocycles. The SMILES string of the molecule is Cc1cccc(Nc2nn(C[NH+]3CCC[C@H]3c3cccs3)c(=S)s2)c1C. The normalized spacial score (nSPS) is 19.8. The van der Waals surface area contributed by atoms with Crippen LogP contribution in [0.4, 0.5) is 10.8 Å². The zero-order valence-electron chi connectivity index (χ0n) is 15.0. The van der Waals surface area contributed by atoms with Gasteiger partial charge < -0.3 is 10.2 Å². The minimum Gasteiger partial charge on any atom is -0.330 e. The van der Waals surface area contributed by atoms with Crippen LogP contribution >= 0.6 is 34.9 Å².